The first kappa shape index (κ1) is 27.6. The van der Waals surface area contributed by atoms with E-state index in [-0.39, 0.29) is 42.5 Å². The largest absolute Gasteiger partial charge is 0.487 e. The van der Waals surface area contributed by atoms with Gasteiger partial charge in [0.1, 0.15) is 11.9 Å². The number of carbonyl (C=O) groups is 3. The van der Waals surface area contributed by atoms with E-state index >= 15 is 0 Å². The number of hydrogen-bond acceptors (Lipinski definition) is 6. The summed E-state index contributed by atoms with van der Waals surface area (Å²) in [6, 6.07) is 16.5. The second-order valence-corrected chi connectivity index (χ2v) is 9.70. The van der Waals surface area contributed by atoms with Gasteiger partial charge in [-0.3, -0.25) is 14.6 Å². The van der Waals surface area contributed by atoms with E-state index in [1.807, 2.05) is 37.3 Å². The van der Waals surface area contributed by atoms with Gasteiger partial charge in [-0.2, -0.15) is 0 Å². The van der Waals surface area contributed by atoms with Crippen molar-refractivity contribution < 1.29 is 24.2 Å². The zero-order chi connectivity index (χ0) is 27.9. The number of fused-ring (bicyclic) bond motifs is 1. The fourth-order valence-electron chi connectivity index (χ4n) is 4.32. The average molecular weight is 532 g/mol. The summed E-state index contributed by atoms with van der Waals surface area (Å²) in [5.74, 6) is -0.471. The van der Waals surface area contributed by atoms with Gasteiger partial charge in [-0.25, -0.2) is 4.79 Å². The number of aromatic nitrogens is 1. The topological polar surface area (TPSA) is 124 Å². The lowest BCUT2D eigenvalue weighted by molar-refractivity contribution is 0.0371. The van der Waals surface area contributed by atoms with E-state index in [0.29, 0.717) is 29.2 Å². The molecule has 0 saturated heterocycles. The molecule has 0 aliphatic carbocycles. The molecule has 10 heteroatoms. The maximum absolute atomic E-state index is 13.6. The monoisotopic (exact) mass is 531 g/mol. The van der Waals surface area contributed by atoms with Gasteiger partial charge in [-0.15, -0.1) is 0 Å². The smallest absolute Gasteiger partial charge is 0.321 e. The number of anilines is 2. The van der Waals surface area contributed by atoms with Crippen molar-refractivity contribution >= 4 is 29.2 Å². The van der Waals surface area contributed by atoms with Crippen molar-refractivity contribution in [3.05, 3.63) is 84.2 Å². The maximum Gasteiger partial charge on any atom is 0.321 e. The third kappa shape index (κ3) is 6.71. The number of hydrogen-bond donors (Lipinski definition) is 3. The number of urea groups is 1. The number of rotatable bonds is 7. The SMILES string of the molecule is C[C@H]1CN([C@@H](C)CO)C(=O)c2cc(NC(=O)c3ccncc3)ccc2O[C@H]1CN(C)C(=O)Nc1ccccc1. The van der Waals surface area contributed by atoms with Crippen molar-refractivity contribution in [3.63, 3.8) is 0 Å². The molecule has 4 amide bonds. The quantitative estimate of drug-likeness (QED) is 0.427. The lowest BCUT2D eigenvalue weighted by atomic mass is 9.99. The summed E-state index contributed by atoms with van der Waals surface area (Å²) in [5, 5.41) is 15.6. The van der Waals surface area contributed by atoms with Crippen molar-refractivity contribution in [1.82, 2.24) is 14.8 Å². The fraction of sp³-hybridized carbons (Fsp3) is 0.310. The minimum Gasteiger partial charge on any atom is -0.487 e. The van der Waals surface area contributed by atoms with E-state index in [4.69, 9.17) is 4.74 Å². The molecule has 10 nitrogen and oxygen atoms in total. The van der Waals surface area contributed by atoms with Gasteiger partial charge < -0.3 is 30.3 Å². The molecule has 1 aliphatic rings. The lowest BCUT2D eigenvalue weighted by Crippen LogP contribution is -2.50. The molecule has 0 spiro atoms. The van der Waals surface area contributed by atoms with Crippen molar-refractivity contribution in [3.8, 4) is 5.75 Å². The highest BCUT2D eigenvalue weighted by molar-refractivity contribution is 6.05. The first-order valence-corrected chi connectivity index (χ1v) is 12.8. The van der Waals surface area contributed by atoms with Crippen LogP contribution in [0.3, 0.4) is 0 Å². The predicted molar refractivity (Wildman–Crippen MR) is 148 cm³/mol. The molecule has 3 N–H and O–H groups in total. The van der Waals surface area contributed by atoms with E-state index in [0.717, 1.165) is 0 Å². The van der Waals surface area contributed by atoms with Crippen LogP contribution in [0.2, 0.25) is 0 Å². The van der Waals surface area contributed by atoms with Crippen LogP contribution >= 0.6 is 0 Å². The molecular weight excluding hydrogens is 498 g/mol. The number of amides is 4. The zero-order valence-electron chi connectivity index (χ0n) is 22.2. The van der Waals surface area contributed by atoms with Crippen LogP contribution in [0.5, 0.6) is 5.75 Å². The van der Waals surface area contributed by atoms with Gasteiger partial charge >= 0.3 is 6.03 Å². The second kappa shape index (κ2) is 12.4. The van der Waals surface area contributed by atoms with Gasteiger partial charge in [0, 0.05) is 48.8 Å². The Hall–Kier alpha value is -4.44. The van der Waals surface area contributed by atoms with Crippen LogP contribution in [0.15, 0.2) is 73.1 Å². The number of aliphatic hydroxyl groups is 1. The van der Waals surface area contributed by atoms with Gasteiger partial charge in [-0.05, 0) is 49.4 Å². The molecule has 1 aromatic heterocycles. The number of nitrogens with zero attached hydrogens (tertiary/aromatic N) is 3. The van der Waals surface area contributed by atoms with Gasteiger partial charge in [-0.1, -0.05) is 25.1 Å². The van der Waals surface area contributed by atoms with Gasteiger partial charge in [0.05, 0.1) is 24.8 Å². The highest BCUT2D eigenvalue weighted by Gasteiger charge is 2.34. The second-order valence-electron chi connectivity index (χ2n) is 9.70. The summed E-state index contributed by atoms with van der Waals surface area (Å²) in [5.41, 5.74) is 1.80. The van der Waals surface area contributed by atoms with Crippen molar-refractivity contribution in [2.45, 2.75) is 26.0 Å². The van der Waals surface area contributed by atoms with Crippen molar-refractivity contribution in [2.75, 3.05) is 37.4 Å². The average Bonchev–Trinajstić information content (AvgIpc) is 2.95. The fourth-order valence-corrected chi connectivity index (χ4v) is 4.32. The predicted octanol–water partition coefficient (Wildman–Crippen LogP) is 3.72. The summed E-state index contributed by atoms with van der Waals surface area (Å²) in [7, 11) is 1.69. The van der Waals surface area contributed by atoms with E-state index in [2.05, 4.69) is 15.6 Å². The van der Waals surface area contributed by atoms with Crippen LogP contribution in [-0.4, -0.2) is 76.6 Å². The maximum atomic E-state index is 13.6. The first-order valence-electron chi connectivity index (χ1n) is 12.8. The Kier molecular flexibility index (Phi) is 8.77. The van der Waals surface area contributed by atoms with Crippen LogP contribution in [0, 0.1) is 5.92 Å². The van der Waals surface area contributed by atoms with Gasteiger partial charge in [0.2, 0.25) is 0 Å². The molecule has 204 valence electrons. The van der Waals surface area contributed by atoms with E-state index in [1.54, 1.807) is 54.1 Å². The minimum absolute atomic E-state index is 0.158. The summed E-state index contributed by atoms with van der Waals surface area (Å²) >= 11 is 0. The lowest BCUT2D eigenvalue weighted by Gasteiger charge is -2.38. The molecule has 0 saturated carbocycles. The summed E-state index contributed by atoms with van der Waals surface area (Å²) < 4.78 is 6.34. The first-order chi connectivity index (χ1) is 18.8. The molecule has 39 heavy (non-hydrogen) atoms. The summed E-state index contributed by atoms with van der Waals surface area (Å²) in [6.07, 6.45) is 2.60. The van der Waals surface area contributed by atoms with E-state index < -0.39 is 12.1 Å². The van der Waals surface area contributed by atoms with Crippen LogP contribution < -0.4 is 15.4 Å². The number of benzene rings is 2. The Morgan fingerprint density at radius 2 is 1.82 bits per heavy atom. The Bertz CT molecular complexity index is 1300. The van der Waals surface area contributed by atoms with Crippen LogP contribution in [0.4, 0.5) is 16.2 Å². The van der Waals surface area contributed by atoms with E-state index in [9.17, 15) is 19.5 Å². The van der Waals surface area contributed by atoms with Crippen molar-refractivity contribution in [1.29, 1.82) is 0 Å². The molecule has 0 radical (unpaired) electrons. The normalized spacial score (nSPS) is 17.6. The molecule has 3 aromatic rings. The van der Waals surface area contributed by atoms with E-state index in [1.165, 1.54) is 12.4 Å². The third-order valence-electron chi connectivity index (χ3n) is 6.69. The molecular formula is C29H33N5O5. The van der Waals surface area contributed by atoms with Crippen LogP contribution in [0.1, 0.15) is 34.6 Å². The highest BCUT2D eigenvalue weighted by atomic mass is 16.5. The molecule has 4 rings (SSSR count). The molecule has 3 atom stereocenters. The Morgan fingerprint density at radius 1 is 1.10 bits per heavy atom. The summed E-state index contributed by atoms with van der Waals surface area (Å²) in [4.78, 5) is 46.2. The minimum atomic E-state index is -0.450. The number of para-hydroxylation sites is 1. The van der Waals surface area contributed by atoms with Crippen LogP contribution in [0.25, 0.3) is 0 Å². The highest BCUT2D eigenvalue weighted by Crippen LogP contribution is 2.31. The Morgan fingerprint density at radius 3 is 2.51 bits per heavy atom. The molecule has 0 unspecified atom stereocenters. The molecule has 2 heterocycles. The van der Waals surface area contributed by atoms with Gasteiger partial charge in [0.25, 0.3) is 11.8 Å². The number of ether oxygens (including phenoxy) is 1. The summed E-state index contributed by atoms with van der Waals surface area (Å²) in [6.45, 7) is 4.08. The zero-order valence-corrected chi connectivity index (χ0v) is 22.2. The van der Waals surface area contributed by atoms with Crippen molar-refractivity contribution in [2.24, 2.45) is 5.92 Å². The number of aliphatic hydroxyl groups excluding tert-OH is 1. The van der Waals surface area contributed by atoms with Crippen LogP contribution in [-0.2, 0) is 0 Å². The molecule has 0 bridgehead atoms. The Labute approximate surface area is 227 Å². The standard InChI is InChI=1S/C29H33N5O5/c1-19-16-34(20(2)18-35)28(37)24-15-23(31-27(36)21-11-13-30-14-12-21)9-10-25(24)39-26(19)17-33(3)29(38)32-22-7-5-4-6-8-22/h4-15,19-20,26,35H,16-18H2,1-3H3,(H,31,36)(H,32,38)/t19-,20-,26-/m0/s1. The Balaban J connectivity index is 1.59. The third-order valence-corrected chi connectivity index (χ3v) is 6.69. The molecule has 1 aliphatic heterocycles. The number of carbonyl (C=O) groups excluding carboxylic acids is 3. The van der Waals surface area contributed by atoms with Gasteiger partial charge in [0.15, 0.2) is 0 Å². The molecule has 0 fully saturated rings. The number of likely N-dealkylation sites (N-methyl/N-ethyl adjacent to an activating group) is 1. The molecule has 2 aromatic carbocycles. The number of nitrogens with one attached hydrogen (secondary N) is 2. The number of pyridine rings is 1.